The van der Waals surface area contributed by atoms with Crippen LogP contribution in [-0.2, 0) is 0 Å². The van der Waals surface area contributed by atoms with E-state index in [0.717, 1.165) is 16.7 Å². The van der Waals surface area contributed by atoms with Gasteiger partial charge in [0, 0.05) is 57.0 Å². The molecule has 3 nitrogen and oxygen atoms in total. The van der Waals surface area contributed by atoms with Crippen molar-refractivity contribution in [2.24, 2.45) is 0 Å². The minimum atomic E-state index is 0.673. The molecule has 0 amide bonds. The molecule has 3 aromatic heterocycles. The second-order valence-corrected chi connectivity index (χ2v) is 13.0. The first-order valence-corrected chi connectivity index (χ1v) is 16.2. The number of hydrogen-bond donors (Lipinski definition) is 0. The quantitative estimate of drug-likeness (QED) is 0.203. The zero-order valence-electron chi connectivity index (χ0n) is 23.4. The first-order chi connectivity index (χ1) is 21.8. The standard InChI is InChI=1S/C39H23N3S2/c1-3-10-24(11-4-1)26-18-20-30-31-15-9-16-32(36(31)44-35(30)22-26)39-41-37(25-12-5-2-6-13-25)40-38(42-39)27-19-21-29-28-14-7-8-17-33(28)43-34(29)23-27/h1-23H. The van der Waals surface area contributed by atoms with E-state index in [9.17, 15) is 0 Å². The van der Waals surface area contributed by atoms with Gasteiger partial charge in [-0.05, 0) is 35.4 Å². The van der Waals surface area contributed by atoms with Crippen LogP contribution in [-0.4, -0.2) is 15.0 Å². The topological polar surface area (TPSA) is 38.7 Å². The maximum absolute atomic E-state index is 5.13. The Kier molecular flexibility index (Phi) is 5.86. The summed E-state index contributed by atoms with van der Waals surface area (Å²) >= 11 is 3.61. The Bertz CT molecular complexity index is 2500. The molecule has 0 radical (unpaired) electrons. The third-order valence-corrected chi connectivity index (χ3v) is 10.5. The lowest BCUT2D eigenvalue weighted by molar-refractivity contribution is 1.08. The van der Waals surface area contributed by atoms with Crippen LogP contribution >= 0.6 is 22.7 Å². The molecule has 6 aromatic carbocycles. The van der Waals surface area contributed by atoms with Crippen molar-refractivity contribution in [2.75, 3.05) is 0 Å². The predicted octanol–water partition coefficient (Wildman–Crippen LogP) is 11.3. The molecule has 206 valence electrons. The van der Waals surface area contributed by atoms with Gasteiger partial charge in [-0.2, -0.15) is 0 Å². The molecule has 0 unspecified atom stereocenters. The molecule has 9 aromatic rings. The van der Waals surface area contributed by atoms with Crippen molar-refractivity contribution in [1.29, 1.82) is 0 Å². The Balaban J connectivity index is 1.24. The number of benzene rings is 6. The first-order valence-electron chi connectivity index (χ1n) is 14.5. The van der Waals surface area contributed by atoms with Gasteiger partial charge in [-0.1, -0.05) is 115 Å². The van der Waals surface area contributed by atoms with Crippen LogP contribution in [0.2, 0.25) is 0 Å². The summed E-state index contributed by atoms with van der Waals surface area (Å²) in [6.45, 7) is 0. The maximum Gasteiger partial charge on any atom is 0.165 e. The molecule has 9 rings (SSSR count). The Morgan fingerprint density at radius 2 is 0.909 bits per heavy atom. The van der Waals surface area contributed by atoms with Crippen LogP contribution < -0.4 is 0 Å². The minimum Gasteiger partial charge on any atom is -0.208 e. The van der Waals surface area contributed by atoms with E-state index in [1.165, 1.54) is 51.5 Å². The average Bonchev–Trinajstić information content (AvgIpc) is 3.66. The first kappa shape index (κ1) is 25.3. The van der Waals surface area contributed by atoms with Crippen LogP contribution in [0.4, 0.5) is 0 Å². The van der Waals surface area contributed by atoms with Gasteiger partial charge in [-0.25, -0.2) is 15.0 Å². The molecule has 0 N–H and O–H groups in total. The molecule has 5 heteroatoms. The third-order valence-electron chi connectivity index (χ3n) is 8.15. The number of rotatable bonds is 4. The highest BCUT2D eigenvalue weighted by atomic mass is 32.1. The van der Waals surface area contributed by atoms with E-state index in [-0.39, 0.29) is 0 Å². The highest BCUT2D eigenvalue weighted by Gasteiger charge is 2.17. The molecule has 0 atom stereocenters. The van der Waals surface area contributed by atoms with E-state index in [0.29, 0.717) is 17.5 Å². The van der Waals surface area contributed by atoms with Crippen LogP contribution in [0.25, 0.3) is 85.6 Å². The van der Waals surface area contributed by atoms with E-state index >= 15 is 0 Å². The van der Waals surface area contributed by atoms with Gasteiger partial charge >= 0.3 is 0 Å². The summed E-state index contributed by atoms with van der Waals surface area (Å²) in [5.74, 6) is 2.04. The summed E-state index contributed by atoms with van der Waals surface area (Å²) < 4.78 is 4.95. The van der Waals surface area contributed by atoms with Crippen molar-refractivity contribution < 1.29 is 0 Å². The maximum atomic E-state index is 5.13. The summed E-state index contributed by atoms with van der Waals surface area (Å²) in [6, 6.07) is 49.1. The van der Waals surface area contributed by atoms with E-state index < -0.39 is 0 Å². The van der Waals surface area contributed by atoms with Crippen molar-refractivity contribution in [2.45, 2.75) is 0 Å². The fourth-order valence-electron chi connectivity index (χ4n) is 5.99. The molecule has 0 aliphatic carbocycles. The van der Waals surface area contributed by atoms with Crippen molar-refractivity contribution in [3.05, 3.63) is 140 Å². The number of fused-ring (bicyclic) bond motifs is 6. The lowest BCUT2D eigenvalue weighted by Crippen LogP contribution is -2.00. The monoisotopic (exact) mass is 597 g/mol. The van der Waals surface area contributed by atoms with Crippen molar-refractivity contribution in [3.8, 4) is 45.3 Å². The normalized spacial score (nSPS) is 11.6. The van der Waals surface area contributed by atoms with Gasteiger partial charge in [0.15, 0.2) is 17.5 Å². The predicted molar refractivity (Wildman–Crippen MR) is 187 cm³/mol. The number of thiophene rings is 2. The van der Waals surface area contributed by atoms with E-state index in [2.05, 4.69) is 121 Å². The number of aromatic nitrogens is 3. The molecule has 0 aliphatic rings. The van der Waals surface area contributed by atoms with E-state index in [1.54, 1.807) is 22.7 Å². The van der Waals surface area contributed by atoms with E-state index in [4.69, 9.17) is 15.0 Å². The van der Waals surface area contributed by atoms with Crippen molar-refractivity contribution in [3.63, 3.8) is 0 Å². The molecule has 0 spiro atoms. The van der Waals surface area contributed by atoms with Gasteiger partial charge in [0.25, 0.3) is 0 Å². The van der Waals surface area contributed by atoms with Gasteiger partial charge < -0.3 is 0 Å². The van der Waals surface area contributed by atoms with Crippen LogP contribution in [0, 0.1) is 0 Å². The zero-order valence-corrected chi connectivity index (χ0v) is 25.1. The van der Waals surface area contributed by atoms with Gasteiger partial charge in [0.2, 0.25) is 0 Å². The number of hydrogen-bond acceptors (Lipinski definition) is 5. The van der Waals surface area contributed by atoms with Crippen molar-refractivity contribution >= 4 is 63.0 Å². The molecule has 0 fully saturated rings. The third kappa shape index (κ3) is 4.21. The molecule has 0 bridgehead atoms. The van der Waals surface area contributed by atoms with E-state index in [1.807, 2.05) is 18.2 Å². The molecule has 44 heavy (non-hydrogen) atoms. The highest BCUT2D eigenvalue weighted by molar-refractivity contribution is 7.26. The average molecular weight is 598 g/mol. The Morgan fingerprint density at radius 1 is 0.341 bits per heavy atom. The van der Waals surface area contributed by atoms with Gasteiger partial charge in [0.1, 0.15) is 0 Å². The molecule has 0 aliphatic heterocycles. The Labute approximate surface area is 261 Å². The zero-order chi connectivity index (χ0) is 29.0. The van der Waals surface area contributed by atoms with Gasteiger partial charge in [-0.3, -0.25) is 0 Å². The molecule has 0 saturated heterocycles. The lowest BCUT2D eigenvalue weighted by Gasteiger charge is -2.09. The summed E-state index contributed by atoms with van der Waals surface area (Å²) in [4.78, 5) is 15.2. The number of nitrogens with zero attached hydrogens (tertiary/aromatic N) is 3. The molecular formula is C39H23N3S2. The van der Waals surface area contributed by atoms with Gasteiger partial charge in [-0.15, -0.1) is 22.7 Å². The summed E-state index contributed by atoms with van der Waals surface area (Å²) in [5.41, 5.74) is 5.42. The molecule has 0 saturated carbocycles. The smallest absolute Gasteiger partial charge is 0.165 e. The SMILES string of the molecule is c1ccc(-c2ccc3c(c2)sc2c(-c4nc(-c5ccccc5)nc(-c5ccc6c(c5)sc5ccccc56)n4)cccc23)cc1. The fraction of sp³-hybridized carbons (Fsp3) is 0. The van der Waals surface area contributed by atoms with Crippen LogP contribution in [0.15, 0.2) is 140 Å². The van der Waals surface area contributed by atoms with Gasteiger partial charge in [0.05, 0.1) is 0 Å². The fourth-order valence-corrected chi connectivity index (χ4v) is 8.39. The largest absolute Gasteiger partial charge is 0.208 e. The molecule has 3 heterocycles. The van der Waals surface area contributed by atoms with Crippen LogP contribution in [0.3, 0.4) is 0 Å². The van der Waals surface area contributed by atoms with Crippen molar-refractivity contribution in [1.82, 2.24) is 15.0 Å². The lowest BCUT2D eigenvalue weighted by atomic mass is 10.0. The second kappa shape index (κ2) is 10.2. The summed E-state index contributed by atoms with van der Waals surface area (Å²) in [7, 11) is 0. The highest BCUT2D eigenvalue weighted by Crippen LogP contribution is 2.41. The summed E-state index contributed by atoms with van der Waals surface area (Å²) in [6.07, 6.45) is 0. The second-order valence-electron chi connectivity index (χ2n) is 10.8. The van der Waals surface area contributed by atoms with Crippen LogP contribution in [0.5, 0.6) is 0 Å². The minimum absolute atomic E-state index is 0.673. The molecular weight excluding hydrogens is 575 g/mol. The van der Waals surface area contributed by atoms with Crippen LogP contribution in [0.1, 0.15) is 0 Å². The summed E-state index contributed by atoms with van der Waals surface area (Å²) in [5, 5.41) is 5.01. The Morgan fingerprint density at radius 3 is 1.73 bits per heavy atom. The Hall–Kier alpha value is -5.23.